The third kappa shape index (κ3) is 4.16. The molecular formula is C23H25F2N3O3. The standard InChI is InChI=1S/C23H25F2N3O3/c1-13-7-5-9-18(24)17(13)12-27-15(3)20(16-8-6-10-19(31-4)21(16)25)22(29)28(23(27)30)11-14(2)26/h5-10,14H,11-12,26H2,1-4H3/t14-/m1/s1. The lowest BCUT2D eigenvalue weighted by Gasteiger charge is -2.20. The molecule has 0 bridgehead atoms. The molecule has 164 valence electrons. The van der Waals surface area contributed by atoms with E-state index in [1.165, 1.54) is 29.9 Å². The molecule has 0 spiro atoms. The lowest BCUT2D eigenvalue weighted by molar-refractivity contribution is 0.387. The second-order valence-corrected chi connectivity index (χ2v) is 7.58. The molecule has 0 aliphatic heterocycles. The molecule has 1 heterocycles. The summed E-state index contributed by atoms with van der Waals surface area (Å²) in [6.07, 6.45) is 0. The Morgan fingerprint density at radius 2 is 1.74 bits per heavy atom. The van der Waals surface area contributed by atoms with Crippen LogP contribution in [0.1, 0.15) is 23.7 Å². The molecule has 8 heteroatoms. The quantitative estimate of drug-likeness (QED) is 0.654. The highest BCUT2D eigenvalue weighted by atomic mass is 19.1. The number of aryl methyl sites for hydroxylation is 1. The Kier molecular flexibility index (Phi) is 6.40. The summed E-state index contributed by atoms with van der Waals surface area (Å²) < 4.78 is 36.8. The molecule has 6 nitrogen and oxygen atoms in total. The van der Waals surface area contributed by atoms with Gasteiger partial charge in [-0.15, -0.1) is 0 Å². The Balaban J connectivity index is 2.36. The van der Waals surface area contributed by atoms with Gasteiger partial charge in [-0.2, -0.15) is 0 Å². The molecular weight excluding hydrogens is 404 g/mol. The topological polar surface area (TPSA) is 79.2 Å². The van der Waals surface area contributed by atoms with Gasteiger partial charge < -0.3 is 10.5 Å². The van der Waals surface area contributed by atoms with Crippen LogP contribution in [-0.2, 0) is 13.1 Å². The smallest absolute Gasteiger partial charge is 0.331 e. The zero-order valence-electron chi connectivity index (χ0n) is 17.9. The number of hydrogen-bond acceptors (Lipinski definition) is 4. The molecule has 3 aromatic rings. The summed E-state index contributed by atoms with van der Waals surface area (Å²) in [6, 6.07) is 8.57. The molecule has 0 unspecified atom stereocenters. The number of halogens is 2. The molecule has 0 aliphatic rings. The molecule has 1 aromatic heterocycles. The third-order valence-electron chi connectivity index (χ3n) is 5.28. The third-order valence-corrected chi connectivity index (χ3v) is 5.28. The van der Waals surface area contributed by atoms with Crippen LogP contribution in [0.25, 0.3) is 11.1 Å². The first-order chi connectivity index (χ1) is 14.7. The highest BCUT2D eigenvalue weighted by Gasteiger charge is 2.23. The van der Waals surface area contributed by atoms with Crippen molar-refractivity contribution in [2.45, 2.75) is 39.9 Å². The maximum atomic E-state index is 15.1. The average molecular weight is 429 g/mol. The number of nitrogens with zero attached hydrogens (tertiary/aromatic N) is 2. The van der Waals surface area contributed by atoms with Crippen molar-refractivity contribution in [1.82, 2.24) is 9.13 Å². The molecule has 0 aliphatic carbocycles. The van der Waals surface area contributed by atoms with Crippen molar-refractivity contribution in [2.75, 3.05) is 7.11 Å². The van der Waals surface area contributed by atoms with E-state index < -0.39 is 28.9 Å². The van der Waals surface area contributed by atoms with Crippen molar-refractivity contribution in [3.63, 3.8) is 0 Å². The van der Waals surface area contributed by atoms with Crippen LogP contribution in [-0.4, -0.2) is 22.3 Å². The molecule has 0 radical (unpaired) electrons. The van der Waals surface area contributed by atoms with E-state index >= 15 is 4.39 Å². The van der Waals surface area contributed by atoms with Crippen LogP contribution in [0.2, 0.25) is 0 Å². The molecule has 2 aromatic carbocycles. The van der Waals surface area contributed by atoms with Gasteiger partial charge in [0.2, 0.25) is 0 Å². The summed E-state index contributed by atoms with van der Waals surface area (Å²) in [7, 11) is 1.32. The monoisotopic (exact) mass is 429 g/mol. The van der Waals surface area contributed by atoms with E-state index in [0.717, 1.165) is 4.57 Å². The first-order valence-corrected chi connectivity index (χ1v) is 9.84. The van der Waals surface area contributed by atoms with Crippen LogP contribution in [0.5, 0.6) is 5.75 Å². The molecule has 0 saturated heterocycles. The van der Waals surface area contributed by atoms with Crippen molar-refractivity contribution < 1.29 is 13.5 Å². The predicted octanol–water partition coefficient (Wildman–Crippen LogP) is 2.98. The van der Waals surface area contributed by atoms with E-state index in [-0.39, 0.29) is 35.7 Å². The second-order valence-electron chi connectivity index (χ2n) is 7.58. The fourth-order valence-electron chi connectivity index (χ4n) is 3.63. The van der Waals surface area contributed by atoms with E-state index in [2.05, 4.69) is 0 Å². The molecule has 1 atom stereocenters. The number of aromatic nitrogens is 2. The van der Waals surface area contributed by atoms with Gasteiger partial charge in [0.05, 0.1) is 19.2 Å². The lowest BCUT2D eigenvalue weighted by Crippen LogP contribution is -2.45. The van der Waals surface area contributed by atoms with Gasteiger partial charge in [-0.1, -0.05) is 24.3 Å². The Labute approximate surface area is 178 Å². The Morgan fingerprint density at radius 3 is 2.35 bits per heavy atom. The van der Waals surface area contributed by atoms with E-state index in [4.69, 9.17) is 10.5 Å². The zero-order valence-corrected chi connectivity index (χ0v) is 17.9. The lowest BCUT2D eigenvalue weighted by atomic mass is 10.0. The maximum absolute atomic E-state index is 15.1. The second kappa shape index (κ2) is 8.85. The fraction of sp³-hybridized carbons (Fsp3) is 0.304. The molecule has 0 saturated carbocycles. The maximum Gasteiger partial charge on any atom is 0.331 e. The van der Waals surface area contributed by atoms with Crippen molar-refractivity contribution >= 4 is 0 Å². The van der Waals surface area contributed by atoms with E-state index in [1.807, 2.05) is 0 Å². The minimum absolute atomic E-state index is 0.000667. The number of benzene rings is 2. The molecule has 3 rings (SSSR count). The van der Waals surface area contributed by atoms with Crippen LogP contribution >= 0.6 is 0 Å². The summed E-state index contributed by atoms with van der Waals surface area (Å²) in [6.45, 7) is 4.76. The molecule has 0 fully saturated rings. The number of ether oxygens (including phenoxy) is 1. The van der Waals surface area contributed by atoms with Gasteiger partial charge in [-0.25, -0.2) is 13.6 Å². The van der Waals surface area contributed by atoms with E-state index in [9.17, 15) is 14.0 Å². The Morgan fingerprint density at radius 1 is 1.06 bits per heavy atom. The van der Waals surface area contributed by atoms with Gasteiger partial charge in [-0.3, -0.25) is 13.9 Å². The first-order valence-electron chi connectivity index (χ1n) is 9.84. The fourth-order valence-corrected chi connectivity index (χ4v) is 3.63. The summed E-state index contributed by atoms with van der Waals surface area (Å²) in [5.74, 6) is -1.21. The Bertz CT molecular complexity index is 1230. The van der Waals surface area contributed by atoms with Crippen LogP contribution in [0.15, 0.2) is 46.0 Å². The summed E-state index contributed by atoms with van der Waals surface area (Å²) >= 11 is 0. The van der Waals surface area contributed by atoms with Gasteiger partial charge in [0, 0.05) is 29.4 Å². The van der Waals surface area contributed by atoms with E-state index in [1.54, 1.807) is 39.0 Å². The summed E-state index contributed by atoms with van der Waals surface area (Å²) in [5.41, 5.74) is 5.77. The number of rotatable bonds is 6. The highest BCUT2D eigenvalue weighted by molar-refractivity contribution is 5.67. The summed E-state index contributed by atoms with van der Waals surface area (Å²) in [4.78, 5) is 26.4. The van der Waals surface area contributed by atoms with Crippen molar-refractivity contribution in [2.24, 2.45) is 5.73 Å². The number of nitrogens with two attached hydrogens (primary N) is 1. The van der Waals surface area contributed by atoms with Crippen LogP contribution < -0.4 is 21.7 Å². The predicted molar refractivity (Wildman–Crippen MR) is 116 cm³/mol. The van der Waals surface area contributed by atoms with Gasteiger partial charge >= 0.3 is 5.69 Å². The molecule has 2 N–H and O–H groups in total. The van der Waals surface area contributed by atoms with Gasteiger partial charge in [0.1, 0.15) is 5.82 Å². The SMILES string of the molecule is COc1cccc(-c2c(C)n(Cc3c(C)cccc3F)c(=O)n(C[C@@H](C)N)c2=O)c1F. The average Bonchev–Trinajstić information content (AvgIpc) is 2.71. The normalized spacial score (nSPS) is 12.1. The van der Waals surface area contributed by atoms with Crippen LogP contribution in [0.3, 0.4) is 0 Å². The number of hydrogen-bond donors (Lipinski definition) is 1. The largest absolute Gasteiger partial charge is 0.494 e. The molecule has 31 heavy (non-hydrogen) atoms. The van der Waals surface area contributed by atoms with Crippen molar-refractivity contribution in [1.29, 1.82) is 0 Å². The van der Waals surface area contributed by atoms with Crippen molar-refractivity contribution in [3.8, 4) is 16.9 Å². The zero-order chi connectivity index (χ0) is 22.9. The minimum atomic E-state index is -0.718. The van der Waals surface area contributed by atoms with Gasteiger partial charge in [0.25, 0.3) is 5.56 Å². The van der Waals surface area contributed by atoms with Gasteiger partial charge in [0.15, 0.2) is 11.6 Å². The van der Waals surface area contributed by atoms with Crippen LogP contribution in [0.4, 0.5) is 8.78 Å². The van der Waals surface area contributed by atoms with Crippen molar-refractivity contribution in [3.05, 3.63) is 85.7 Å². The summed E-state index contributed by atoms with van der Waals surface area (Å²) in [5, 5.41) is 0. The Hall–Kier alpha value is -3.26. The number of methoxy groups -OCH3 is 1. The molecule has 0 amide bonds. The highest BCUT2D eigenvalue weighted by Crippen LogP contribution is 2.29. The first kappa shape index (κ1) is 22.4. The van der Waals surface area contributed by atoms with E-state index in [0.29, 0.717) is 11.1 Å². The van der Waals surface area contributed by atoms with Gasteiger partial charge in [-0.05, 0) is 38.5 Å². The van der Waals surface area contributed by atoms with Crippen LogP contribution in [0, 0.1) is 25.5 Å². The minimum Gasteiger partial charge on any atom is -0.494 e.